The van der Waals surface area contributed by atoms with E-state index in [1.165, 1.54) is 289 Å². The van der Waals surface area contributed by atoms with Crippen LogP contribution in [0.1, 0.15) is 5.56 Å². The first-order valence-corrected chi connectivity index (χ1v) is 52.1. The van der Waals surface area contributed by atoms with Crippen LogP contribution in [-0.2, 0) is 0 Å². The van der Waals surface area contributed by atoms with E-state index in [2.05, 4.69) is 567 Å². The molecule has 0 saturated heterocycles. The van der Waals surface area contributed by atoms with Crippen molar-refractivity contribution in [2.45, 2.75) is 6.92 Å². The van der Waals surface area contributed by atoms with Crippen LogP contribution < -0.4 is 0 Å². The number of rotatable bonds is 9. The molecule has 0 bridgehead atoms. The van der Waals surface area contributed by atoms with E-state index in [-0.39, 0.29) is 0 Å². The molecule has 3 heteroatoms. The maximum Gasteiger partial charge on any atom is 0.0619 e. The van der Waals surface area contributed by atoms with Crippen LogP contribution in [0.25, 0.3) is 300 Å². The molecule has 0 aliphatic heterocycles. The summed E-state index contributed by atoms with van der Waals surface area (Å²) in [6.45, 7) is 2.15. The monoisotopic (exact) mass is 1900 g/mol. The van der Waals surface area contributed by atoms with Crippen molar-refractivity contribution in [1.29, 1.82) is 0 Å². The van der Waals surface area contributed by atoms with Gasteiger partial charge >= 0.3 is 0 Å². The molecule has 3 aromatic heterocycles. The fraction of sp³-hybridized carbons (Fsp3) is 0.00680. The zero-order valence-corrected chi connectivity index (χ0v) is 82.3. The van der Waals surface area contributed by atoms with E-state index < -0.39 is 0 Å². The maximum absolute atomic E-state index is 2.50. The van der Waals surface area contributed by atoms with Gasteiger partial charge in [-0.15, -0.1) is 0 Å². The quantitative estimate of drug-likeness (QED) is 0.101. The molecule has 0 amide bonds. The van der Waals surface area contributed by atoms with Crippen molar-refractivity contribution in [3.63, 3.8) is 0 Å². The second-order valence-corrected chi connectivity index (χ2v) is 40.2. The largest absolute Gasteiger partial charge is 0.308 e. The van der Waals surface area contributed by atoms with Crippen LogP contribution in [0.4, 0.5) is 0 Å². The molecule has 0 aliphatic carbocycles. The number of nitrogens with zero attached hydrogens (tertiary/aromatic N) is 3. The summed E-state index contributed by atoms with van der Waals surface area (Å²) in [6, 6.07) is 201. The van der Waals surface area contributed by atoms with Crippen molar-refractivity contribution in [1.82, 2.24) is 13.7 Å². The molecule has 0 spiro atoms. The molecule has 32 rings (SSSR count). The molecule has 0 saturated carbocycles. The fourth-order valence-corrected chi connectivity index (χ4v) is 25.5. The molecular formula is C147H93N3. The highest BCUT2D eigenvalue weighted by atomic mass is 15.0. The lowest BCUT2D eigenvalue weighted by molar-refractivity contribution is 1.19. The number of hydrogen-bond acceptors (Lipinski definition) is 0. The Morgan fingerprint density at radius 2 is 0.307 bits per heavy atom. The summed E-state index contributed by atoms with van der Waals surface area (Å²) in [5.41, 5.74) is 27.4. The SMILES string of the molecule is Cc1ccc(-c2c3ccccc3c(-c3ccc(-n4c5c6ccccc6ccc5c5ccc6ccccc6c54)cc3)c3ccccc23)cc1.c1ccc(-c2c3ccccc3c(-c3ccc(-n4c5c6ccccc6ccc5c5ccc6ccccc6c54)cc3)c3ccc4ccccc4c23)cc1.c1ccc2c(-c3c4ccccc4c(-c4ccc(-n5c6c7ccccc7ccc6c6ccc7ccccc7c65)cc4)c4ccccc34)cccc2c1. The third-order valence-corrected chi connectivity index (χ3v) is 32.1. The molecule has 29 aromatic carbocycles. The van der Waals surface area contributed by atoms with Crippen LogP contribution in [0.2, 0.25) is 0 Å². The van der Waals surface area contributed by atoms with Crippen molar-refractivity contribution in [3.05, 3.63) is 552 Å². The predicted molar refractivity (Wildman–Crippen MR) is 645 cm³/mol. The molecular weight excluding hydrogens is 1810 g/mol. The number of fused-ring (bicyclic) bond motifs is 30. The smallest absolute Gasteiger partial charge is 0.0619 e. The topological polar surface area (TPSA) is 14.8 Å². The minimum atomic E-state index is 1.16. The van der Waals surface area contributed by atoms with Crippen molar-refractivity contribution in [2.24, 2.45) is 0 Å². The minimum absolute atomic E-state index is 1.16. The highest BCUT2D eigenvalue weighted by Crippen LogP contribution is 2.53. The Balaban J connectivity index is 0.000000103. The standard InChI is InChI=1S/2C50H31N.C47H31N/c1-4-16-37-32(12-1)15-11-23-40(37)48-43-21-9-7-19-41(43)47(42-20-8-10-22-44(42)48)35-24-28-36(29-25-35)51-49-38-17-5-2-13-33(38)26-30-45(49)46-31-27-34-14-3-6-18-39(34)50(46)51;1-2-15-35(16-3-1)47-42-21-11-10-20-41(42)46(45-31-26-32-12-4-7-17-38(32)48(45)47)36-22-27-37(28-23-36)51-49-39-18-8-5-13-33(39)24-29-43(49)44-30-25-34-14-6-9-19-40(34)50(44)51;1-30-18-20-33(21-19-30)44-38-14-6-8-16-40(38)45(41-17-9-7-15-39(41)44)34-22-26-35(27-23-34)48-46-36-12-4-2-10-31(36)24-28-42(46)43-29-25-32-11-3-5-13-37(32)47(43)48/h2*1-31H;2-29H,1H3. The normalized spacial score (nSPS) is 11.9. The van der Waals surface area contributed by atoms with Crippen LogP contribution >= 0.6 is 0 Å². The molecule has 3 heterocycles. The molecule has 0 atom stereocenters. The molecule has 150 heavy (non-hydrogen) atoms. The van der Waals surface area contributed by atoms with Crippen molar-refractivity contribution >= 4 is 216 Å². The van der Waals surface area contributed by atoms with Gasteiger partial charge in [-0.25, -0.2) is 0 Å². The lowest BCUT2D eigenvalue weighted by atomic mass is 9.84. The third kappa shape index (κ3) is 13.5. The first-order chi connectivity index (χ1) is 74.4. The van der Waals surface area contributed by atoms with E-state index in [1.54, 1.807) is 0 Å². The van der Waals surface area contributed by atoms with E-state index >= 15 is 0 Å². The number of aromatic nitrogens is 3. The van der Waals surface area contributed by atoms with Crippen LogP contribution in [-0.4, -0.2) is 13.7 Å². The number of hydrogen-bond donors (Lipinski definition) is 0. The van der Waals surface area contributed by atoms with Crippen LogP contribution in [0.3, 0.4) is 0 Å². The van der Waals surface area contributed by atoms with Gasteiger partial charge in [0, 0.05) is 81.7 Å². The lowest BCUT2D eigenvalue weighted by Crippen LogP contribution is -1.96. The van der Waals surface area contributed by atoms with Gasteiger partial charge < -0.3 is 13.7 Å². The Morgan fingerprint density at radius 1 is 0.113 bits per heavy atom. The lowest BCUT2D eigenvalue weighted by Gasteiger charge is -2.19. The number of benzene rings is 29. The molecule has 0 fully saturated rings. The Labute approximate surface area is 865 Å². The summed E-state index contributed by atoms with van der Waals surface area (Å²) >= 11 is 0. The summed E-state index contributed by atoms with van der Waals surface area (Å²) in [4.78, 5) is 0. The summed E-state index contributed by atoms with van der Waals surface area (Å²) in [5.74, 6) is 0. The Hall–Kier alpha value is -19.6. The fourth-order valence-electron chi connectivity index (χ4n) is 25.5. The summed E-state index contributed by atoms with van der Waals surface area (Å²) in [7, 11) is 0. The molecule has 0 aliphatic rings. The summed E-state index contributed by atoms with van der Waals surface area (Å²) < 4.78 is 7.50. The van der Waals surface area contributed by atoms with E-state index in [4.69, 9.17) is 0 Å². The van der Waals surface area contributed by atoms with E-state index in [9.17, 15) is 0 Å². The van der Waals surface area contributed by atoms with Crippen LogP contribution in [0.5, 0.6) is 0 Å². The summed E-state index contributed by atoms with van der Waals surface area (Å²) in [5, 5.41) is 43.1. The minimum Gasteiger partial charge on any atom is -0.308 e. The maximum atomic E-state index is 2.50. The first kappa shape index (κ1) is 86.0. The summed E-state index contributed by atoms with van der Waals surface area (Å²) in [6.07, 6.45) is 0. The van der Waals surface area contributed by atoms with E-state index in [1.807, 2.05) is 0 Å². The van der Waals surface area contributed by atoms with Gasteiger partial charge in [-0.3, -0.25) is 0 Å². The Morgan fingerprint density at radius 3 is 0.593 bits per heavy atom. The van der Waals surface area contributed by atoms with E-state index in [0.29, 0.717) is 0 Å². The first-order valence-electron chi connectivity index (χ1n) is 52.1. The highest BCUT2D eigenvalue weighted by Gasteiger charge is 2.28. The molecule has 0 radical (unpaired) electrons. The Kier molecular flexibility index (Phi) is 20.0. The Bertz CT molecular complexity index is 10800. The number of aryl methyl sites for hydroxylation is 1. The van der Waals surface area contributed by atoms with Gasteiger partial charge in [-0.05, 0) is 229 Å². The molecule has 3 nitrogen and oxygen atoms in total. The average Bonchev–Trinajstić information content (AvgIpc) is 1.69. The van der Waals surface area contributed by atoms with Crippen molar-refractivity contribution < 1.29 is 0 Å². The van der Waals surface area contributed by atoms with Crippen molar-refractivity contribution in [3.8, 4) is 83.8 Å². The van der Waals surface area contributed by atoms with Gasteiger partial charge in [0.15, 0.2) is 0 Å². The predicted octanol–water partition coefficient (Wildman–Crippen LogP) is 40.8. The van der Waals surface area contributed by atoms with Crippen LogP contribution in [0.15, 0.2) is 546 Å². The van der Waals surface area contributed by atoms with Gasteiger partial charge in [0.05, 0.1) is 33.1 Å². The van der Waals surface area contributed by atoms with Crippen LogP contribution in [0, 0.1) is 6.92 Å². The van der Waals surface area contributed by atoms with Gasteiger partial charge in [-0.1, -0.05) is 515 Å². The van der Waals surface area contributed by atoms with Gasteiger partial charge in [0.1, 0.15) is 0 Å². The second kappa shape index (κ2) is 34.9. The van der Waals surface area contributed by atoms with Gasteiger partial charge in [0.25, 0.3) is 0 Å². The van der Waals surface area contributed by atoms with Gasteiger partial charge in [-0.2, -0.15) is 0 Å². The van der Waals surface area contributed by atoms with Gasteiger partial charge in [0.2, 0.25) is 0 Å². The molecule has 32 aromatic rings. The highest BCUT2D eigenvalue weighted by molar-refractivity contribution is 6.32. The molecule has 0 N–H and O–H groups in total. The van der Waals surface area contributed by atoms with Crippen molar-refractivity contribution in [2.75, 3.05) is 0 Å². The zero-order valence-electron chi connectivity index (χ0n) is 82.3. The molecule has 696 valence electrons. The second-order valence-electron chi connectivity index (χ2n) is 40.2. The van der Waals surface area contributed by atoms with E-state index in [0.717, 1.165) is 17.1 Å². The third-order valence-electron chi connectivity index (χ3n) is 32.1. The average molecular weight is 1900 g/mol. The zero-order chi connectivity index (χ0) is 98.7. The molecule has 0 unspecified atom stereocenters.